The van der Waals surface area contributed by atoms with Crippen molar-refractivity contribution in [3.8, 4) is 5.88 Å². The van der Waals surface area contributed by atoms with E-state index < -0.39 is 4.92 Å². The predicted octanol–water partition coefficient (Wildman–Crippen LogP) is 4.16. The second-order valence-electron chi connectivity index (χ2n) is 4.92. The molecule has 1 rings (SSSR count). The Morgan fingerprint density at radius 1 is 1.19 bits per heavy atom. The van der Waals surface area contributed by atoms with Gasteiger partial charge in [-0.25, -0.2) is 0 Å². The number of nitro groups is 1. The molecule has 0 radical (unpaired) electrons. The number of hydrogen-bond donors (Lipinski definition) is 1. The van der Waals surface area contributed by atoms with Crippen molar-refractivity contribution in [1.82, 2.24) is 4.98 Å². The molecule has 0 aromatic carbocycles. The van der Waals surface area contributed by atoms with Crippen LogP contribution in [0, 0.1) is 10.1 Å². The van der Waals surface area contributed by atoms with E-state index in [-0.39, 0.29) is 11.6 Å². The predicted molar refractivity (Wildman–Crippen MR) is 83.9 cm³/mol. The van der Waals surface area contributed by atoms with E-state index in [1.165, 1.54) is 31.7 Å². The number of aromatic nitrogens is 1. The van der Waals surface area contributed by atoms with Crippen molar-refractivity contribution in [2.45, 2.75) is 52.4 Å². The largest absolute Gasteiger partial charge is 0.473 e. The Labute approximate surface area is 126 Å². The number of hydrogen-bond acceptors (Lipinski definition) is 5. The summed E-state index contributed by atoms with van der Waals surface area (Å²) in [6, 6.07) is 3.03. The van der Waals surface area contributed by atoms with Crippen LogP contribution in [0.5, 0.6) is 5.88 Å². The van der Waals surface area contributed by atoms with Crippen LogP contribution < -0.4 is 10.1 Å². The van der Waals surface area contributed by atoms with Crippen molar-refractivity contribution in [2.75, 3.05) is 18.5 Å². The molecule has 0 aliphatic carbocycles. The van der Waals surface area contributed by atoms with Gasteiger partial charge in [0.1, 0.15) is 5.82 Å². The number of pyridine rings is 1. The maximum atomic E-state index is 11.0. The van der Waals surface area contributed by atoms with E-state index >= 15 is 0 Å². The Morgan fingerprint density at radius 3 is 2.57 bits per heavy atom. The van der Waals surface area contributed by atoms with Gasteiger partial charge in [0.05, 0.1) is 11.5 Å². The van der Waals surface area contributed by atoms with E-state index in [1.54, 1.807) is 6.07 Å². The summed E-state index contributed by atoms with van der Waals surface area (Å²) in [7, 11) is 0. The zero-order chi connectivity index (χ0) is 15.5. The van der Waals surface area contributed by atoms with E-state index in [0.29, 0.717) is 19.0 Å². The molecule has 0 spiro atoms. The van der Waals surface area contributed by atoms with Gasteiger partial charge >= 0.3 is 5.69 Å². The second kappa shape index (κ2) is 9.96. The van der Waals surface area contributed by atoms with Crippen LogP contribution in [0.15, 0.2) is 12.1 Å². The quantitative estimate of drug-likeness (QED) is 0.377. The molecular weight excluding hydrogens is 270 g/mol. The molecule has 1 aromatic rings. The highest BCUT2D eigenvalue weighted by Gasteiger charge is 2.17. The highest BCUT2D eigenvalue weighted by atomic mass is 16.6. The van der Waals surface area contributed by atoms with E-state index in [2.05, 4.69) is 17.2 Å². The van der Waals surface area contributed by atoms with Crippen LogP contribution in [0.3, 0.4) is 0 Å². The molecule has 0 atom stereocenters. The molecule has 118 valence electrons. The number of unbranched alkanes of at least 4 members (excludes halogenated alkanes) is 5. The van der Waals surface area contributed by atoms with Crippen LogP contribution in [0.4, 0.5) is 11.5 Å². The Bertz CT molecular complexity index is 438. The van der Waals surface area contributed by atoms with E-state index in [1.807, 2.05) is 6.92 Å². The van der Waals surface area contributed by atoms with Gasteiger partial charge in [-0.2, -0.15) is 4.98 Å². The van der Waals surface area contributed by atoms with Gasteiger partial charge in [0.15, 0.2) is 0 Å². The Morgan fingerprint density at radius 2 is 1.90 bits per heavy atom. The van der Waals surface area contributed by atoms with Gasteiger partial charge in [0.2, 0.25) is 0 Å². The van der Waals surface area contributed by atoms with Gasteiger partial charge < -0.3 is 10.1 Å². The van der Waals surface area contributed by atoms with E-state index in [9.17, 15) is 10.1 Å². The van der Waals surface area contributed by atoms with Gasteiger partial charge in [-0.1, -0.05) is 39.0 Å². The number of nitrogens with zero attached hydrogens (tertiary/aromatic N) is 2. The first kappa shape index (κ1) is 17.2. The number of rotatable bonds is 11. The fourth-order valence-corrected chi connectivity index (χ4v) is 2.01. The molecule has 0 saturated heterocycles. The summed E-state index contributed by atoms with van der Waals surface area (Å²) < 4.78 is 5.50. The first-order chi connectivity index (χ1) is 10.2. The molecule has 0 aliphatic rings. The van der Waals surface area contributed by atoms with Crippen molar-refractivity contribution in [3.05, 3.63) is 22.2 Å². The van der Waals surface area contributed by atoms with Crippen LogP contribution in [0.2, 0.25) is 0 Å². The Balaban J connectivity index is 2.47. The monoisotopic (exact) mass is 295 g/mol. The van der Waals surface area contributed by atoms with Crippen molar-refractivity contribution in [3.63, 3.8) is 0 Å². The molecule has 0 unspecified atom stereocenters. The molecule has 6 nitrogen and oxygen atoms in total. The standard InChI is InChI=1S/C15H25N3O3/c1-3-5-6-7-8-9-12-21-15-13(18(19)20)10-11-14(17-15)16-4-2/h10-11H,3-9,12H2,1-2H3,(H,16,17). The molecule has 1 heterocycles. The van der Waals surface area contributed by atoms with Gasteiger partial charge in [-0.3, -0.25) is 10.1 Å². The van der Waals surface area contributed by atoms with Crippen LogP contribution in [-0.4, -0.2) is 23.1 Å². The molecule has 0 amide bonds. The topological polar surface area (TPSA) is 77.3 Å². The van der Waals surface area contributed by atoms with Crippen LogP contribution in [0.25, 0.3) is 0 Å². The minimum atomic E-state index is -0.459. The summed E-state index contributed by atoms with van der Waals surface area (Å²) in [5.41, 5.74) is -0.0809. The molecule has 0 fully saturated rings. The third-order valence-corrected chi connectivity index (χ3v) is 3.13. The summed E-state index contributed by atoms with van der Waals surface area (Å²) >= 11 is 0. The SMILES string of the molecule is CCCCCCCCOc1nc(NCC)ccc1[N+](=O)[O-]. The van der Waals surface area contributed by atoms with Crippen LogP contribution in [-0.2, 0) is 0 Å². The van der Waals surface area contributed by atoms with Gasteiger partial charge in [0, 0.05) is 12.6 Å². The molecule has 21 heavy (non-hydrogen) atoms. The molecule has 0 aliphatic heterocycles. The maximum absolute atomic E-state index is 11.0. The molecular formula is C15H25N3O3. The lowest BCUT2D eigenvalue weighted by Crippen LogP contribution is -2.05. The second-order valence-corrected chi connectivity index (χ2v) is 4.92. The Hall–Kier alpha value is -1.85. The van der Waals surface area contributed by atoms with E-state index in [4.69, 9.17) is 4.74 Å². The summed E-state index contributed by atoms with van der Waals surface area (Å²) in [6.45, 7) is 5.31. The lowest BCUT2D eigenvalue weighted by atomic mass is 10.1. The average Bonchev–Trinajstić information content (AvgIpc) is 2.46. The summed E-state index contributed by atoms with van der Waals surface area (Å²) in [5.74, 6) is 0.702. The highest BCUT2D eigenvalue weighted by molar-refractivity contribution is 5.48. The number of nitrogens with one attached hydrogen (secondary N) is 1. The third-order valence-electron chi connectivity index (χ3n) is 3.13. The maximum Gasteiger partial charge on any atom is 0.331 e. The molecule has 6 heteroatoms. The number of ether oxygens (including phenoxy) is 1. The summed E-state index contributed by atoms with van der Waals surface area (Å²) in [4.78, 5) is 14.7. The van der Waals surface area contributed by atoms with Crippen molar-refractivity contribution < 1.29 is 9.66 Å². The van der Waals surface area contributed by atoms with Crippen molar-refractivity contribution in [2.24, 2.45) is 0 Å². The first-order valence-electron chi connectivity index (χ1n) is 7.71. The Kier molecular flexibility index (Phi) is 8.16. The zero-order valence-electron chi connectivity index (χ0n) is 12.9. The molecule has 1 aromatic heterocycles. The fraction of sp³-hybridized carbons (Fsp3) is 0.667. The van der Waals surface area contributed by atoms with Gasteiger partial charge in [-0.05, 0) is 19.4 Å². The van der Waals surface area contributed by atoms with E-state index in [0.717, 1.165) is 12.8 Å². The van der Waals surface area contributed by atoms with Crippen molar-refractivity contribution >= 4 is 11.5 Å². The normalized spacial score (nSPS) is 10.4. The smallest absolute Gasteiger partial charge is 0.331 e. The minimum absolute atomic E-state index is 0.0809. The third kappa shape index (κ3) is 6.42. The van der Waals surface area contributed by atoms with Gasteiger partial charge in [0.25, 0.3) is 5.88 Å². The summed E-state index contributed by atoms with van der Waals surface area (Å²) in [5, 5.41) is 14.0. The van der Waals surface area contributed by atoms with Crippen molar-refractivity contribution in [1.29, 1.82) is 0 Å². The molecule has 0 saturated carbocycles. The number of anilines is 1. The highest BCUT2D eigenvalue weighted by Crippen LogP contribution is 2.26. The molecule has 0 bridgehead atoms. The summed E-state index contributed by atoms with van der Waals surface area (Å²) in [6.07, 6.45) is 6.89. The lowest BCUT2D eigenvalue weighted by Gasteiger charge is -2.08. The lowest BCUT2D eigenvalue weighted by molar-refractivity contribution is -0.386. The average molecular weight is 295 g/mol. The van der Waals surface area contributed by atoms with Crippen LogP contribution in [0.1, 0.15) is 52.4 Å². The fourth-order valence-electron chi connectivity index (χ4n) is 2.01. The minimum Gasteiger partial charge on any atom is -0.473 e. The van der Waals surface area contributed by atoms with Gasteiger partial charge in [-0.15, -0.1) is 0 Å². The first-order valence-corrected chi connectivity index (χ1v) is 7.71. The zero-order valence-corrected chi connectivity index (χ0v) is 12.9. The molecule has 1 N–H and O–H groups in total. The van der Waals surface area contributed by atoms with Crippen LogP contribution >= 0.6 is 0 Å².